The Kier molecular flexibility index (Phi) is 5.51. The van der Waals surface area contributed by atoms with E-state index in [1.54, 1.807) is 6.20 Å². The largest absolute Gasteiger partial charge is 0.370 e. The Morgan fingerprint density at radius 1 is 1.00 bits per heavy atom. The molecule has 1 aliphatic rings. The van der Waals surface area contributed by atoms with Crippen LogP contribution in [0.4, 0.5) is 22.0 Å². The number of nitrogens with zero attached hydrogens (tertiary/aromatic N) is 3. The molecule has 3 N–H and O–H groups in total. The number of fused-ring (bicyclic) bond motifs is 1. The van der Waals surface area contributed by atoms with Gasteiger partial charge in [0.25, 0.3) is 0 Å². The monoisotopic (exact) mass is 376 g/mol. The molecule has 0 aliphatic carbocycles. The van der Waals surface area contributed by atoms with E-state index < -0.39 is 0 Å². The summed E-state index contributed by atoms with van der Waals surface area (Å²) in [6, 6.07) is 15.7. The van der Waals surface area contributed by atoms with E-state index in [1.165, 1.54) is 12.8 Å². The molecule has 2 aromatic carbocycles. The highest BCUT2D eigenvalue weighted by molar-refractivity contribution is 5.93. The third kappa shape index (κ3) is 4.49. The van der Waals surface area contributed by atoms with Gasteiger partial charge in [0.15, 0.2) is 5.82 Å². The lowest BCUT2D eigenvalue weighted by Crippen LogP contribution is -2.32. The first-order valence-electron chi connectivity index (χ1n) is 9.63. The average Bonchev–Trinajstić information content (AvgIpc) is 3.26. The van der Waals surface area contributed by atoms with Crippen LogP contribution in [0.3, 0.4) is 0 Å². The summed E-state index contributed by atoms with van der Waals surface area (Å²) in [5.74, 6) is 0.723. The highest BCUT2D eigenvalue weighted by atomic mass is 16.2. The lowest BCUT2D eigenvalue weighted by Gasteiger charge is -2.17. The molecule has 7 heteroatoms. The molecule has 2 heterocycles. The molecule has 1 fully saturated rings. The minimum atomic E-state index is -0.228. The molecule has 0 bridgehead atoms. The fourth-order valence-electron chi connectivity index (χ4n) is 3.40. The number of carbonyl (C=O) groups excluding carboxylic acids is 1. The van der Waals surface area contributed by atoms with Crippen LogP contribution in [0, 0.1) is 0 Å². The van der Waals surface area contributed by atoms with Gasteiger partial charge in [0.1, 0.15) is 0 Å². The number of amides is 2. The molecule has 0 radical (unpaired) electrons. The van der Waals surface area contributed by atoms with Gasteiger partial charge >= 0.3 is 6.03 Å². The highest BCUT2D eigenvalue weighted by Crippen LogP contribution is 2.21. The Morgan fingerprint density at radius 3 is 2.68 bits per heavy atom. The minimum Gasteiger partial charge on any atom is -0.370 e. The number of carbonyl (C=O) groups is 1. The van der Waals surface area contributed by atoms with E-state index in [0.29, 0.717) is 13.1 Å². The smallest absolute Gasteiger partial charge is 0.319 e. The molecule has 0 unspecified atom stereocenters. The normalized spacial score (nSPS) is 13.5. The van der Waals surface area contributed by atoms with Crippen LogP contribution in [0.5, 0.6) is 0 Å². The summed E-state index contributed by atoms with van der Waals surface area (Å²) in [4.78, 5) is 14.4. The summed E-state index contributed by atoms with van der Waals surface area (Å²) in [5.41, 5.74) is 1.87. The zero-order valence-electron chi connectivity index (χ0n) is 15.7. The third-order valence-corrected chi connectivity index (χ3v) is 4.84. The molecule has 144 valence electrons. The predicted octanol–water partition coefficient (Wildman–Crippen LogP) is 3.46. The second-order valence-corrected chi connectivity index (χ2v) is 6.86. The molecule has 28 heavy (non-hydrogen) atoms. The highest BCUT2D eigenvalue weighted by Gasteiger charge is 2.13. The van der Waals surface area contributed by atoms with Crippen LogP contribution in [0.2, 0.25) is 0 Å². The average molecular weight is 376 g/mol. The van der Waals surface area contributed by atoms with Crippen molar-refractivity contribution in [2.75, 3.05) is 41.7 Å². The number of hydrogen-bond donors (Lipinski definition) is 3. The van der Waals surface area contributed by atoms with E-state index in [2.05, 4.69) is 31.0 Å². The van der Waals surface area contributed by atoms with Crippen LogP contribution in [0.15, 0.2) is 54.7 Å². The molecule has 0 spiro atoms. The van der Waals surface area contributed by atoms with E-state index in [9.17, 15) is 4.79 Å². The van der Waals surface area contributed by atoms with Crippen molar-refractivity contribution in [3.63, 3.8) is 0 Å². The Hall–Kier alpha value is -3.35. The number of hydrogen-bond acceptors (Lipinski definition) is 5. The van der Waals surface area contributed by atoms with Crippen LogP contribution in [-0.4, -0.2) is 42.4 Å². The Morgan fingerprint density at radius 2 is 1.82 bits per heavy atom. The van der Waals surface area contributed by atoms with Crippen LogP contribution in [0.25, 0.3) is 10.8 Å². The number of benzene rings is 2. The SMILES string of the molecule is O=C(NCCNc1cc(N2CCCC2)cnn1)Nc1ccc2ccccc2c1. The minimum absolute atomic E-state index is 0.228. The number of rotatable bonds is 6. The summed E-state index contributed by atoms with van der Waals surface area (Å²) >= 11 is 0. The van der Waals surface area contributed by atoms with Crippen molar-refractivity contribution in [1.29, 1.82) is 0 Å². The van der Waals surface area contributed by atoms with Gasteiger partial charge in [-0.3, -0.25) is 0 Å². The van der Waals surface area contributed by atoms with E-state index >= 15 is 0 Å². The van der Waals surface area contributed by atoms with Gasteiger partial charge in [-0.2, -0.15) is 5.10 Å². The summed E-state index contributed by atoms with van der Waals surface area (Å²) in [5, 5.41) is 19.3. The van der Waals surface area contributed by atoms with Crippen LogP contribution >= 0.6 is 0 Å². The maximum atomic E-state index is 12.1. The molecule has 0 saturated carbocycles. The zero-order chi connectivity index (χ0) is 19.2. The van der Waals surface area contributed by atoms with Gasteiger partial charge in [0.05, 0.1) is 11.9 Å². The van der Waals surface area contributed by atoms with Crippen molar-refractivity contribution in [3.8, 4) is 0 Å². The lowest BCUT2D eigenvalue weighted by molar-refractivity contribution is 0.252. The molecular formula is C21H24N6O. The molecule has 4 rings (SSSR count). The second-order valence-electron chi connectivity index (χ2n) is 6.86. The topological polar surface area (TPSA) is 82.2 Å². The number of urea groups is 1. The first-order chi connectivity index (χ1) is 13.8. The molecule has 3 aromatic rings. The van der Waals surface area contributed by atoms with E-state index in [1.807, 2.05) is 48.5 Å². The lowest BCUT2D eigenvalue weighted by atomic mass is 10.1. The predicted molar refractivity (Wildman–Crippen MR) is 113 cm³/mol. The number of nitrogens with one attached hydrogen (secondary N) is 3. The molecule has 1 saturated heterocycles. The Balaban J connectivity index is 1.23. The molecule has 1 aromatic heterocycles. The Bertz CT molecular complexity index is 954. The number of aromatic nitrogens is 2. The quantitative estimate of drug-likeness (QED) is 0.574. The summed E-state index contributed by atoms with van der Waals surface area (Å²) < 4.78 is 0. The fourth-order valence-corrected chi connectivity index (χ4v) is 3.40. The maximum absolute atomic E-state index is 12.1. The van der Waals surface area contributed by atoms with Crippen molar-refractivity contribution in [3.05, 3.63) is 54.7 Å². The molecule has 1 aliphatic heterocycles. The van der Waals surface area contributed by atoms with Gasteiger partial charge in [0, 0.05) is 37.9 Å². The molecule has 7 nitrogen and oxygen atoms in total. The summed E-state index contributed by atoms with van der Waals surface area (Å²) in [6.07, 6.45) is 4.24. The molecular weight excluding hydrogens is 352 g/mol. The van der Waals surface area contributed by atoms with Gasteiger partial charge in [-0.15, -0.1) is 5.10 Å². The van der Waals surface area contributed by atoms with Gasteiger partial charge in [-0.1, -0.05) is 30.3 Å². The van der Waals surface area contributed by atoms with Crippen molar-refractivity contribution >= 4 is 34.0 Å². The van der Waals surface area contributed by atoms with Gasteiger partial charge in [-0.25, -0.2) is 4.79 Å². The van der Waals surface area contributed by atoms with E-state index in [4.69, 9.17) is 0 Å². The summed E-state index contributed by atoms with van der Waals surface area (Å²) in [6.45, 7) is 3.20. The third-order valence-electron chi connectivity index (χ3n) is 4.84. The van der Waals surface area contributed by atoms with Crippen molar-refractivity contribution in [2.24, 2.45) is 0 Å². The van der Waals surface area contributed by atoms with Crippen LogP contribution in [0.1, 0.15) is 12.8 Å². The van der Waals surface area contributed by atoms with E-state index in [0.717, 1.165) is 41.1 Å². The standard InChI is InChI=1S/C21H24N6O/c28-21(25-18-8-7-16-5-1-2-6-17(16)13-18)23-10-9-22-20-14-19(15-24-26-20)27-11-3-4-12-27/h1-2,5-8,13-15H,3-4,9-12H2,(H,22,26)(H2,23,25,28). The van der Waals surface area contributed by atoms with Crippen molar-refractivity contribution < 1.29 is 4.79 Å². The summed E-state index contributed by atoms with van der Waals surface area (Å²) in [7, 11) is 0. The van der Waals surface area contributed by atoms with Gasteiger partial charge in [0.2, 0.25) is 0 Å². The zero-order valence-corrected chi connectivity index (χ0v) is 15.7. The Labute approximate surface area is 164 Å². The molecule has 2 amide bonds. The second kappa shape index (κ2) is 8.56. The maximum Gasteiger partial charge on any atom is 0.319 e. The van der Waals surface area contributed by atoms with Crippen molar-refractivity contribution in [2.45, 2.75) is 12.8 Å². The fraction of sp³-hybridized carbons (Fsp3) is 0.286. The number of anilines is 3. The van der Waals surface area contributed by atoms with Crippen LogP contribution in [-0.2, 0) is 0 Å². The first-order valence-corrected chi connectivity index (χ1v) is 9.63. The van der Waals surface area contributed by atoms with Gasteiger partial charge in [-0.05, 0) is 35.7 Å². The molecule has 0 atom stereocenters. The van der Waals surface area contributed by atoms with Crippen LogP contribution < -0.4 is 20.9 Å². The first kappa shape index (κ1) is 18.0. The van der Waals surface area contributed by atoms with Gasteiger partial charge < -0.3 is 20.9 Å². The van der Waals surface area contributed by atoms with E-state index in [-0.39, 0.29) is 6.03 Å². The van der Waals surface area contributed by atoms with Crippen molar-refractivity contribution in [1.82, 2.24) is 15.5 Å².